The molecule has 2 amide bonds. The van der Waals surface area contributed by atoms with Gasteiger partial charge < -0.3 is 15.0 Å². The summed E-state index contributed by atoms with van der Waals surface area (Å²) in [5, 5.41) is 2.76. The highest BCUT2D eigenvalue weighted by atomic mass is 16.5. The summed E-state index contributed by atoms with van der Waals surface area (Å²) in [4.78, 5) is 26.3. The van der Waals surface area contributed by atoms with Gasteiger partial charge in [-0.3, -0.25) is 9.59 Å². The molecule has 0 aromatic heterocycles. The first-order valence-corrected chi connectivity index (χ1v) is 8.00. The minimum Gasteiger partial charge on any atom is -0.492 e. The standard InChI is InChI=1S/C18H24N2O3/c1-4-23-16-10-6-5-8-14(16)19-17(21)12-18(22)20-11-7-9-15(20)13(2)3/h5-10,13,15H,4,11-12H2,1-3H3,(H,19,21). The molecule has 1 N–H and O–H groups in total. The first kappa shape index (κ1) is 17.1. The van der Waals surface area contributed by atoms with E-state index in [0.29, 0.717) is 30.5 Å². The molecule has 124 valence electrons. The molecule has 0 radical (unpaired) electrons. The van der Waals surface area contributed by atoms with Gasteiger partial charge in [0.05, 0.1) is 18.3 Å². The van der Waals surface area contributed by atoms with Crippen molar-refractivity contribution in [2.45, 2.75) is 33.2 Å². The minimum atomic E-state index is -0.323. The van der Waals surface area contributed by atoms with Gasteiger partial charge in [0, 0.05) is 6.54 Å². The number of ether oxygens (including phenoxy) is 1. The van der Waals surface area contributed by atoms with Crippen molar-refractivity contribution in [3.63, 3.8) is 0 Å². The minimum absolute atomic E-state index is 0.0750. The van der Waals surface area contributed by atoms with Gasteiger partial charge in [0.25, 0.3) is 0 Å². The zero-order valence-electron chi connectivity index (χ0n) is 13.9. The molecule has 1 unspecified atom stereocenters. The Bertz CT molecular complexity index is 596. The second-order valence-corrected chi connectivity index (χ2v) is 5.86. The molecule has 0 spiro atoms. The highest BCUT2D eigenvalue weighted by Crippen LogP contribution is 2.24. The van der Waals surface area contributed by atoms with Crippen molar-refractivity contribution >= 4 is 17.5 Å². The summed E-state index contributed by atoms with van der Waals surface area (Å²) in [5.74, 6) is 0.467. The van der Waals surface area contributed by atoms with Crippen molar-refractivity contribution in [2.24, 2.45) is 5.92 Å². The first-order valence-electron chi connectivity index (χ1n) is 8.00. The number of rotatable bonds is 6. The quantitative estimate of drug-likeness (QED) is 0.648. The van der Waals surface area contributed by atoms with Gasteiger partial charge in [-0.15, -0.1) is 0 Å². The van der Waals surface area contributed by atoms with Crippen LogP contribution in [0.1, 0.15) is 27.2 Å². The number of nitrogens with zero attached hydrogens (tertiary/aromatic N) is 1. The van der Waals surface area contributed by atoms with Crippen LogP contribution in [0.25, 0.3) is 0 Å². The summed E-state index contributed by atoms with van der Waals surface area (Å²) < 4.78 is 5.47. The van der Waals surface area contributed by atoms with Crippen LogP contribution >= 0.6 is 0 Å². The molecule has 1 aromatic carbocycles. The second kappa shape index (κ2) is 7.81. The molecule has 0 fully saturated rings. The predicted molar refractivity (Wildman–Crippen MR) is 90.3 cm³/mol. The van der Waals surface area contributed by atoms with Crippen LogP contribution in [0.3, 0.4) is 0 Å². The van der Waals surface area contributed by atoms with E-state index in [1.54, 1.807) is 17.0 Å². The van der Waals surface area contributed by atoms with E-state index >= 15 is 0 Å². The number of anilines is 1. The number of hydrogen-bond donors (Lipinski definition) is 1. The molecule has 0 bridgehead atoms. The summed E-state index contributed by atoms with van der Waals surface area (Å²) in [6.45, 7) is 7.11. The number of carbonyl (C=O) groups is 2. The van der Waals surface area contributed by atoms with Crippen molar-refractivity contribution in [1.29, 1.82) is 0 Å². The molecular weight excluding hydrogens is 292 g/mol. The fourth-order valence-electron chi connectivity index (χ4n) is 2.67. The van der Waals surface area contributed by atoms with Crippen molar-refractivity contribution < 1.29 is 14.3 Å². The van der Waals surface area contributed by atoms with Crippen LogP contribution in [0.2, 0.25) is 0 Å². The molecule has 0 saturated carbocycles. The van der Waals surface area contributed by atoms with Gasteiger partial charge in [0.15, 0.2) is 0 Å². The van der Waals surface area contributed by atoms with E-state index in [1.807, 2.05) is 31.2 Å². The van der Waals surface area contributed by atoms with Gasteiger partial charge in [-0.05, 0) is 25.0 Å². The maximum Gasteiger partial charge on any atom is 0.233 e. The Morgan fingerprint density at radius 1 is 1.35 bits per heavy atom. The number of carbonyl (C=O) groups excluding carboxylic acids is 2. The lowest BCUT2D eigenvalue weighted by Gasteiger charge is -2.27. The molecule has 5 nitrogen and oxygen atoms in total. The number of para-hydroxylation sites is 2. The van der Waals surface area contributed by atoms with E-state index in [9.17, 15) is 9.59 Å². The summed E-state index contributed by atoms with van der Waals surface area (Å²) in [6, 6.07) is 7.29. The third-order valence-corrected chi connectivity index (χ3v) is 3.77. The van der Waals surface area contributed by atoms with E-state index in [2.05, 4.69) is 19.2 Å². The van der Waals surface area contributed by atoms with Crippen LogP contribution in [-0.4, -0.2) is 35.9 Å². The van der Waals surface area contributed by atoms with E-state index in [1.165, 1.54) is 0 Å². The molecule has 1 aliphatic rings. The Kier molecular flexibility index (Phi) is 5.79. The first-order chi connectivity index (χ1) is 11.0. The molecule has 0 aliphatic carbocycles. The van der Waals surface area contributed by atoms with Crippen LogP contribution < -0.4 is 10.1 Å². The summed E-state index contributed by atoms with van der Waals surface area (Å²) in [5.41, 5.74) is 0.590. The van der Waals surface area contributed by atoms with Gasteiger partial charge in [-0.2, -0.15) is 0 Å². The van der Waals surface area contributed by atoms with Gasteiger partial charge >= 0.3 is 0 Å². The molecule has 1 aliphatic heterocycles. The normalized spacial score (nSPS) is 16.7. The average Bonchev–Trinajstić information content (AvgIpc) is 2.99. The third kappa shape index (κ3) is 4.34. The zero-order chi connectivity index (χ0) is 16.8. The number of nitrogens with one attached hydrogen (secondary N) is 1. The highest BCUT2D eigenvalue weighted by molar-refractivity contribution is 6.04. The molecule has 2 rings (SSSR count). The Hall–Kier alpha value is -2.30. The van der Waals surface area contributed by atoms with Crippen LogP contribution in [0, 0.1) is 5.92 Å². The summed E-state index contributed by atoms with van der Waals surface area (Å²) in [7, 11) is 0. The lowest BCUT2D eigenvalue weighted by molar-refractivity contribution is -0.135. The molecule has 23 heavy (non-hydrogen) atoms. The molecular formula is C18H24N2O3. The Morgan fingerprint density at radius 3 is 2.78 bits per heavy atom. The van der Waals surface area contributed by atoms with Crippen LogP contribution in [0.4, 0.5) is 5.69 Å². The molecule has 0 saturated heterocycles. The molecule has 1 heterocycles. The SMILES string of the molecule is CCOc1ccccc1NC(=O)CC(=O)N1CC=CC1C(C)C. The van der Waals surface area contributed by atoms with E-state index < -0.39 is 0 Å². The largest absolute Gasteiger partial charge is 0.492 e. The monoisotopic (exact) mass is 316 g/mol. The average molecular weight is 316 g/mol. The number of amides is 2. The lowest BCUT2D eigenvalue weighted by Crippen LogP contribution is -2.40. The van der Waals surface area contributed by atoms with Crippen molar-refractivity contribution in [3.05, 3.63) is 36.4 Å². The Labute approximate surface area is 137 Å². The Morgan fingerprint density at radius 2 is 2.09 bits per heavy atom. The van der Waals surface area contributed by atoms with Crippen molar-refractivity contribution in [3.8, 4) is 5.75 Å². The summed E-state index contributed by atoms with van der Waals surface area (Å²) >= 11 is 0. The topological polar surface area (TPSA) is 58.6 Å². The van der Waals surface area contributed by atoms with Crippen LogP contribution in [0.5, 0.6) is 5.75 Å². The summed E-state index contributed by atoms with van der Waals surface area (Å²) in [6.07, 6.45) is 3.85. The van der Waals surface area contributed by atoms with Gasteiger partial charge in [-0.25, -0.2) is 0 Å². The van der Waals surface area contributed by atoms with Gasteiger partial charge in [0.2, 0.25) is 11.8 Å². The van der Waals surface area contributed by atoms with Crippen molar-refractivity contribution in [2.75, 3.05) is 18.5 Å². The maximum atomic E-state index is 12.4. The van der Waals surface area contributed by atoms with E-state index in [4.69, 9.17) is 4.74 Å². The fourth-order valence-corrected chi connectivity index (χ4v) is 2.67. The van der Waals surface area contributed by atoms with E-state index in [-0.39, 0.29) is 24.3 Å². The molecule has 1 atom stereocenters. The highest BCUT2D eigenvalue weighted by Gasteiger charge is 2.28. The molecule has 5 heteroatoms. The lowest BCUT2D eigenvalue weighted by atomic mass is 10.0. The second-order valence-electron chi connectivity index (χ2n) is 5.86. The molecule has 1 aromatic rings. The van der Waals surface area contributed by atoms with Crippen LogP contribution in [0.15, 0.2) is 36.4 Å². The maximum absolute atomic E-state index is 12.4. The van der Waals surface area contributed by atoms with E-state index in [0.717, 1.165) is 0 Å². The van der Waals surface area contributed by atoms with Crippen LogP contribution in [-0.2, 0) is 9.59 Å². The number of hydrogen-bond acceptors (Lipinski definition) is 3. The number of benzene rings is 1. The predicted octanol–water partition coefficient (Wildman–Crippen LogP) is 2.84. The zero-order valence-corrected chi connectivity index (χ0v) is 13.9. The van der Waals surface area contributed by atoms with Gasteiger partial charge in [0.1, 0.15) is 12.2 Å². The smallest absolute Gasteiger partial charge is 0.233 e. The van der Waals surface area contributed by atoms with Gasteiger partial charge in [-0.1, -0.05) is 38.1 Å². The van der Waals surface area contributed by atoms with Crippen molar-refractivity contribution in [1.82, 2.24) is 4.90 Å². The fraction of sp³-hybridized carbons (Fsp3) is 0.444. The third-order valence-electron chi connectivity index (χ3n) is 3.77. The Balaban J connectivity index is 1.96.